The van der Waals surface area contributed by atoms with Crippen LogP contribution in [0.4, 0.5) is 0 Å². The minimum absolute atomic E-state index is 0.262. The van der Waals surface area contributed by atoms with Gasteiger partial charge in [0.2, 0.25) is 0 Å². The van der Waals surface area contributed by atoms with Crippen LogP contribution in [0.5, 0.6) is 5.75 Å². The van der Waals surface area contributed by atoms with Crippen molar-refractivity contribution >= 4 is 28.1 Å². The van der Waals surface area contributed by atoms with E-state index in [0.29, 0.717) is 26.9 Å². The highest BCUT2D eigenvalue weighted by Crippen LogP contribution is 2.19. The number of carbonyl (C=O) groups is 1. The van der Waals surface area contributed by atoms with Crippen molar-refractivity contribution in [3.8, 4) is 11.8 Å². The summed E-state index contributed by atoms with van der Waals surface area (Å²) in [6, 6.07) is 23.9. The third-order valence-corrected chi connectivity index (χ3v) is 4.62. The van der Waals surface area contributed by atoms with Crippen LogP contribution in [-0.2, 0) is 6.61 Å². The van der Waals surface area contributed by atoms with E-state index in [0.717, 1.165) is 5.56 Å². The second-order valence-electron chi connectivity index (χ2n) is 5.77. The largest absolute Gasteiger partial charge is 0.488 e. The Kier molecular flexibility index (Phi) is 6.55. The number of para-hydroxylation sites is 1. The van der Waals surface area contributed by atoms with Crippen molar-refractivity contribution in [1.29, 1.82) is 5.26 Å². The minimum Gasteiger partial charge on any atom is -0.488 e. The zero-order chi connectivity index (χ0) is 19.8. The van der Waals surface area contributed by atoms with Crippen molar-refractivity contribution in [3.05, 3.63) is 99.5 Å². The van der Waals surface area contributed by atoms with Gasteiger partial charge in [0.1, 0.15) is 12.4 Å². The van der Waals surface area contributed by atoms with E-state index in [4.69, 9.17) is 4.74 Å². The first kappa shape index (κ1) is 19.3. The average molecular weight is 434 g/mol. The van der Waals surface area contributed by atoms with Gasteiger partial charge in [-0.2, -0.15) is 10.4 Å². The van der Waals surface area contributed by atoms with Gasteiger partial charge in [-0.05, 0) is 46.3 Å². The summed E-state index contributed by atoms with van der Waals surface area (Å²) >= 11 is 3.34. The van der Waals surface area contributed by atoms with Crippen molar-refractivity contribution in [2.24, 2.45) is 5.10 Å². The fraction of sp³-hybridized carbons (Fsp3) is 0.0455. The average Bonchev–Trinajstić information content (AvgIpc) is 2.73. The summed E-state index contributed by atoms with van der Waals surface area (Å²) in [5.41, 5.74) is 5.10. The molecule has 3 aromatic carbocycles. The quantitative estimate of drug-likeness (QED) is 0.453. The zero-order valence-electron chi connectivity index (χ0n) is 14.8. The van der Waals surface area contributed by atoms with Crippen LogP contribution in [0.3, 0.4) is 0 Å². The van der Waals surface area contributed by atoms with E-state index >= 15 is 0 Å². The first-order valence-electron chi connectivity index (χ1n) is 8.47. The summed E-state index contributed by atoms with van der Waals surface area (Å²) in [4.78, 5) is 12.2. The number of halogens is 1. The molecule has 0 bridgehead atoms. The SMILES string of the molecule is N#Cc1ccccc1COc1ccccc1/C=N/NC(=O)c1ccccc1Br. The summed E-state index contributed by atoms with van der Waals surface area (Å²) in [7, 11) is 0. The van der Waals surface area contributed by atoms with Crippen LogP contribution >= 0.6 is 15.9 Å². The van der Waals surface area contributed by atoms with Crippen molar-refractivity contribution in [1.82, 2.24) is 5.43 Å². The summed E-state index contributed by atoms with van der Waals surface area (Å²) < 4.78 is 6.56. The number of hydrazone groups is 1. The van der Waals surface area contributed by atoms with Gasteiger partial charge in [0.05, 0.1) is 23.4 Å². The lowest BCUT2D eigenvalue weighted by Crippen LogP contribution is -2.18. The molecular formula is C22H16BrN3O2. The Morgan fingerprint density at radius 3 is 2.61 bits per heavy atom. The zero-order valence-corrected chi connectivity index (χ0v) is 16.4. The second-order valence-corrected chi connectivity index (χ2v) is 6.63. The molecule has 0 saturated heterocycles. The standard InChI is InChI=1S/C22H16BrN3O2/c23-20-11-5-4-10-19(20)22(27)26-25-14-17-8-3-6-12-21(17)28-15-18-9-2-1-7-16(18)13-24/h1-12,14H,15H2,(H,26,27)/b25-14+. The summed E-state index contributed by atoms with van der Waals surface area (Å²) in [5.74, 6) is 0.291. The van der Waals surface area contributed by atoms with Gasteiger partial charge in [0.25, 0.3) is 5.91 Å². The van der Waals surface area contributed by atoms with Gasteiger partial charge in [-0.15, -0.1) is 0 Å². The predicted octanol–water partition coefficient (Wildman–Crippen LogP) is 4.66. The third kappa shape index (κ3) is 4.84. The third-order valence-electron chi connectivity index (χ3n) is 3.93. The van der Waals surface area contributed by atoms with Gasteiger partial charge in [-0.3, -0.25) is 4.79 Å². The smallest absolute Gasteiger partial charge is 0.272 e. The normalized spacial score (nSPS) is 10.4. The maximum absolute atomic E-state index is 12.2. The maximum Gasteiger partial charge on any atom is 0.272 e. The Bertz CT molecular complexity index is 1060. The molecule has 0 atom stereocenters. The number of ether oxygens (including phenoxy) is 1. The van der Waals surface area contributed by atoms with Gasteiger partial charge in [-0.25, -0.2) is 5.43 Å². The fourth-order valence-corrected chi connectivity index (χ4v) is 2.96. The summed E-state index contributed by atoms with van der Waals surface area (Å²) in [6.07, 6.45) is 1.53. The lowest BCUT2D eigenvalue weighted by Gasteiger charge is -2.10. The molecule has 0 aliphatic rings. The second kappa shape index (κ2) is 9.49. The number of benzene rings is 3. The van der Waals surface area contributed by atoms with Crippen LogP contribution in [0.15, 0.2) is 82.4 Å². The summed E-state index contributed by atoms with van der Waals surface area (Å²) in [6.45, 7) is 0.262. The van der Waals surface area contributed by atoms with Crippen molar-refractivity contribution in [2.75, 3.05) is 0 Å². The fourth-order valence-electron chi connectivity index (χ4n) is 2.50. The van der Waals surface area contributed by atoms with E-state index in [1.807, 2.05) is 48.5 Å². The Balaban J connectivity index is 1.68. The molecule has 5 nitrogen and oxygen atoms in total. The highest BCUT2D eigenvalue weighted by molar-refractivity contribution is 9.10. The molecule has 28 heavy (non-hydrogen) atoms. The number of nitrogens with zero attached hydrogens (tertiary/aromatic N) is 2. The topological polar surface area (TPSA) is 74.5 Å². The van der Waals surface area contributed by atoms with E-state index in [-0.39, 0.29) is 12.5 Å². The number of carbonyl (C=O) groups excluding carboxylic acids is 1. The van der Waals surface area contributed by atoms with Crippen LogP contribution in [0.2, 0.25) is 0 Å². The van der Waals surface area contributed by atoms with Crippen LogP contribution < -0.4 is 10.2 Å². The van der Waals surface area contributed by atoms with Crippen molar-refractivity contribution in [2.45, 2.75) is 6.61 Å². The number of nitrogens with one attached hydrogen (secondary N) is 1. The molecule has 0 spiro atoms. The van der Waals surface area contributed by atoms with Crippen molar-refractivity contribution < 1.29 is 9.53 Å². The highest BCUT2D eigenvalue weighted by atomic mass is 79.9. The number of nitriles is 1. The molecule has 0 aliphatic heterocycles. The number of hydrogen-bond donors (Lipinski definition) is 1. The predicted molar refractivity (Wildman–Crippen MR) is 111 cm³/mol. The molecule has 0 aromatic heterocycles. The number of hydrogen-bond acceptors (Lipinski definition) is 4. The Labute approximate surface area is 171 Å². The molecule has 0 aliphatic carbocycles. The summed E-state index contributed by atoms with van der Waals surface area (Å²) in [5, 5.41) is 13.2. The number of rotatable bonds is 6. The lowest BCUT2D eigenvalue weighted by molar-refractivity contribution is 0.0954. The Hall–Kier alpha value is -3.43. The van der Waals surface area contributed by atoms with Crippen molar-refractivity contribution in [3.63, 3.8) is 0 Å². The molecule has 138 valence electrons. The molecule has 0 unspecified atom stereocenters. The Morgan fingerprint density at radius 1 is 1.07 bits per heavy atom. The van der Waals surface area contributed by atoms with E-state index in [1.54, 1.807) is 24.3 Å². The van der Waals surface area contributed by atoms with Crippen LogP contribution in [0.1, 0.15) is 27.0 Å². The minimum atomic E-state index is -0.315. The van der Waals surface area contributed by atoms with Gasteiger partial charge in [0.15, 0.2) is 0 Å². The first-order chi connectivity index (χ1) is 13.7. The number of amides is 1. The molecule has 0 saturated carbocycles. The van der Waals surface area contributed by atoms with E-state index in [1.165, 1.54) is 6.21 Å². The van der Waals surface area contributed by atoms with E-state index < -0.39 is 0 Å². The van der Waals surface area contributed by atoms with Gasteiger partial charge in [-0.1, -0.05) is 42.5 Å². The first-order valence-corrected chi connectivity index (χ1v) is 9.26. The maximum atomic E-state index is 12.2. The van der Waals surface area contributed by atoms with Gasteiger partial charge in [0, 0.05) is 15.6 Å². The van der Waals surface area contributed by atoms with Crippen LogP contribution in [0.25, 0.3) is 0 Å². The monoisotopic (exact) mass is 433 g/mol. The molecule has 1 amide bonds. The van der Waals surface area contributed by atoms with Crippen LogP contribution in [-0.4, -0.2) is 12.1 Å². The lowest BCUT2D eigenvalue weighted by atomic mass is 10.1. The molecule has 3 rings (SSSR count). The molecule has 0 fully saturated rings. The van der Waals surface area contributed by atoms with Crippen LogP contribution in [0, 0.1) is 11.3 Å². The molecule has 6 heteroatoms. The molecule has 0 heterocycles. The molecule has 0 radical (unpaired) electrons. The Morgan fingerprint density at radius 2 is 1.79 bits per heavy atom. The van der Waals surface area contributed by atoms with E-state index in [9.17, 15) is 10.1 Å². The molecular weight excluding hydrogens is 418 g/mol. The van der Waals surface area contributed by atoms with Gasteiger partial charge >= 0.3 is 0 Å². The van der Waals surface area contributed by atoms with Gasteiger partial charge < -0.3 is 4.74 Å². The highest BCUT2D eigenvalue weighted by Gasteiger charge is 2.08. The molecule has 1 N–H and O–H groups in total. The van der Waals surface area contributed by atoms with E-state index in [2.05, 4.69) is 32.5 Å². The molecule has 3 aromatic rings.